The Kier molecular flexibility index (Phi) is 6.08. The number of rotatable bonds is 4. The summed E-state index contributed by atoms with van der Waals surface area (Å²) in [7, 11) is 0. The third-order valence-corrected chi connectivity index (χ3v) is 5.48. The van der Waals surface area contributed by atoms with Gasteiger partial charge in [-0.2, -0.15) is 0 Å². The average molecular weight is 344 g/mol. The van der Waals surface area contributed by atoms with Crippen LogP contribution in [0.15, 0.2) is 24.3 Å². The van der Waals surface area contributed by atoms with Crippen LogP contribution >= 0.6 is 0 Å². The van der Waals surface area contributed by atoms with Crippen molar-refractivity contribution in [2.75, 3.05) is 26.3 Å². The summed E-state index contributed by atoms with van der Waals surface area (Å²) >= 11 is 0. The molecule has 0 bridgehead atoms. The number of nitrogens with zero attached hydrogens (tertiary/aromatic N) is 1. The molecule has 0 radical (unpaired) electrons. The summed E-state index contributed by atoms with van der Waals surface area (Å²) in [6.45, 7) is 5.33. The van der Waals surface area contributed by atoms with Gasteiger partial charge in [0.1, 0.15) is 0 Å². The zero-order valence-corrected chi connectivity index (χ0v) is 15.0. The fourth-order valence-corrected chi connectivity index (χ4v) is 3.78. The molecule has 2 amide bonds. The molecular weight excluding hydrogens is 316 g/mol. The first-order valence-electron chi connectivity index (χ1n) is 9.34. The Morgan fingerprint density at radius 2 is 1.72 bits per heavy atom. The zero-order chi connectivity index (χ0) is 17.6. The second kappa shape index (κ2) is 8.48. The largest absolute Gasteiger partial charge is 0.378 e. The molecule has 1 aliphatic heterocycles. The molecule has 1 N–H and O–H groups in total. The predicted octanol–water partition coefficient (Wildman–Crippen LogP) is 2.28. The lowest BCUT2D eigenvalue weighted by molar-refractivity contribution is -0.142. The van der Waals surface area contributed by atoms with Crippen LogP contribution < -0.4 is 5.32 Å². The van der Waals surface area contributed by atoms with Gasteiger partial charge in [-0.25, -0.2) is 0 Å². The Bertz CT molecular complexity index is 603. The predicted molar refractivity (Wildman–Crippen MR) is 95.9 cm³/mol. The molecule has 136 valence electrons. The number of morpholine rings is 1. The summed E-state index contributed by atoms with van der Waals surface area (Å²) in [6, 6.07) is 8.11. The van der Waals surface area contributed by atoms with Gasteiger partial charge in [0.05, 0.1) is 13.2 Å². The summed E-state index contributed by atoms with van der Waals surface area (Å²) in [6.07, 6.45) is 3.25. The zero-order valence-electron chi connectivity index (χ0n) is 15.0. The lowest BCUT2D eigenvalue weighted by Gasteiger charge is -2.33. The maximum Gasteiger partial charge on any atom is 0.225 e. The van der Waals surface area contributed by atoms with Crippen molar-refractivity contribution in [3.63, 3.8) is 0 Å². The highest BCUT2D eigenvalue weighted by Gasteiger charge is 2.32. The maximum atomic E-state index is 12.5. The van der Waals surface area contributed by atoms with E-state index in [-0.39, 0.29) is 23.7 Å². The molecule has 0 atom stereocenters. The van der Waals surface area contributed by atoms with Gasteiger partial charge in [0.2, 0.25) is 11.8 Å². The second-order valence-electron chi connectivity index (χ2n) is 7.13. The van der Waals surface area contributed by atoms with Gasteiger partial charge in [-0.3, -0.25) is 9.59 Å². The van der Waals surface area contributed by atoms with Gasteiger partial charge in [-0.1, -0.05) is 24.3 Å². The van der Waals surface area contributed by atoms with Crippen molar-refractivity contribution in [2.45, 2.75) is 39.2 Å². The number of aryl methyl sites for hydroxylation is 1. The number of hydrogen-bond acceptors (Lipinski definition) is 3. The summed E-state index contributed by atoms with van der Waals surface area (Å²) < 4.78 is 5.31. The molecule has 1 aromatic rings. The molecule has 1 heterocycles. The Hall–Kier alpha value is -1.88. The summed E-state index contributed by atoms with van der Waals surface area (Å²) in [4.78, 5) is 26.9. The number of ether oxygens (including phenoxy) is 1. The van der Waals surface area contributed by atoms with Gasteiger partial charge < -0.3 is 15.0 Å². The van der Waals surface area contributed by atoms with Crippen molar-refractivity contribution in [1.82, 2.24) is 10.2 Å². The van der Waals surface area contributed by atoms with E-state index < -0.39 is 0 Å². The van der Waals surface area contributed by atoms with E-state index in [4.69, 9.17) is 4.74 Å². The quantitative estimate of drug-likeness (QED) is 0.912. The molecule has 2 fully saturated rings. The van der Waals surface area contributed by atoms with E-state index in [1.807, 2.05) is 23.1 Å². The molecule has 5 heteroatoms. The highest BCUT2D eigenvalue weighted by atomic mass is 16.5. The lowest BCUT2D eigenvalue weighted by Crippen LogP contribution is -2.45. The summed E-state index contributed by atoms with van der Waals surface area (Å²) in [5, 5.41) is 3.07. The maximum absolute atomic E-state index is 12.5. The Balaban J connectivity index is 1.44. The number of amides is 2. The highest BCUT2D eigenvalue weighted by Crippen LogP contribution is 2.30. The molecule has 0 spiro atoms. The number of benzene rings is 1. The molecule has 1 saturated heterocycles. The minimum absolute atomic E-state index is 0.0396. The fraction of sp³-hybridized carbons (Fsp3) is 0.600. The summed E-state index contributed by atoms with van der Waals surface area (Å²) in [5.41, 5.74) is 2.36. The molecule has 1 saturated carbocycles. The first-order chi connectivity index (χ1) is 12.1. The molecule has 1 aromatic carbocycles. The van der Waals surface area contributed by atoms with Crippen LogP contribution in [0.25, 0.3) is 0 Å². The molecule has 2 aliphatic rings. The third kappa shape index (κ3) is 4.60. The van der Waals surface area contributed by atoms with Gasteiger partial charge in [0.25, 0.3) is 0 Å². The van der Waals surface area contributed by atoms with Crippen molar-refractivity contribution >= 4 is 11.8 Å². The third-order valence-electron chi connectivity index (χ3n) is 5.48. The first kappa shape index (κ1) is 17.9. The molecule has 3 rings (SSSR count). The average Bonchev–Trinajstić information content (AvgIpc) is 2.67. The topological polar surface area (TPSA) is 58.6 Å². The van der Waals surface area contributed by atoms with Crippen LogP contribution in [0.1, 0.15) is 36.8 Å². The van der Waals surface area contributed by atoms with E-state index in [2.05, 4.69) is 18.3 Å². The second-order valence-corrected chi connectivity index (χ2v) is 7.13. The molecule has 1 aliphatic carbocycles. The molecular formula is C20H28N2O3. The van der Waals surface area contributed by atoms with Crippen LogP contribution in [-0.4, -0.2) is 43.0 Å². The summed E-state index contributed by atoms with van der Waals surface area (Å²) in [5.74, 6) is 0.499. The standard InChI is InChI=1S/C20H28N2O3/c1-15-4-2-3-5-18(15)14-21-19(23)16-6-8-17(9-7-16)20(24)22-10-12-25-13-11-22/h2-5,16-17H,6-14H2,1H3,(H,21,23). The van der Waals surface area contributed by atoms with E-state index >= 15 is 0 Å². The number of carbonyl (C=O) groups excluding carboxylic acids is 2. The van der Waals surface area contributed by atoms with Crippen LogP contribution in [-0.2, 0) is 20.9 Å². The number of carbonyl (C=O) groups is 2. The van der Waals surface area contributed by atoms with Crippen LogP contribution in [0.4, 0.5) is 0 Å². The molecule has 0 unspecified atom stereocenters. The molecule has 0 aromatic heterocycles. The Morgan fingerprint density at radius 3 is 2.40 bits per heavy atom. The smallest absolute Gasteiger partial charge is 0.225 e. The van der Waals surface area contributed by atoms with Crippen molar-refractivity contribution in [3.05, 3.63) is 35.4 Å². The monoisotopic (exact) mass is 344 g/mol. The minimum atomic E-state index is 0.0396. The van der Waals surface area contributed by atoms with E-state index in [9.17, 15) is 9.59 Å². The number of nitrogens with one attached hydrogen (secondary N) is 1. The van der Waals surface area contributed by atoms with Crippen molar-refractivity contribution in [1.29, 1.82) is 0 Å². The number of hydrogen-bond donors (Lipinski definition) is 1. The normalized spacial score (nSPS) is 24.0. The van der Waals surface area contributed by atoms with Gasteiger partial charge in [-0.05, 0) is 43.7 Å². The van der Waals surface area contributed by atoms with Crippen molar-refractivity contribution in [3.8, 4) is 0 Å². The van der Waals surface area contributed by atoms with Crippen molar-refractivity contribution < 1.29 is 14.3 Å². The van der Waals surface area contributed by atoms with Crippen molar-refractivity contribution in [2.24, 2.45) is 11.8 Å². The van der Waals surface area contributed by atoms with Crippen LogP contribution in [0.2, 0.25) is 0 Å². The van der Waals surface area contributed by atoms with E-state index in [0.717, 1.165) is 31.2 Å². The van der Waals surface area contributed by atoms with E-state index in [1.165, 1.54) is 5.56 Å². The van der Waals surface area contributed by atoms with Crippen LogP contribution in [0.3, 0.4) is 0 Å². The van der Waals surface area contributed by atoms with Gasteiger partial charge >= 0.3 is 0 Å². The molecule has 5 nitrogen and oxygen atoms in total. The lowest BCUT2D eigenvalue weighted by atomic mass is 9.81. The van der Waals surface area contributed by atoms with Crippen LogP contribution in [0, 0.1) is 18.8 Å². The van der Waals surface area contributed by atoms with Gasteiger partial charge in [0, 0.05) is 31.5 Å². The fourth-order valence-electron chi connectivity index (χ4n) is 3.78. The van der Waals surface area contributed by atoms with Crippen LogP contribution in [0.5, 0.6) is 0 Å². The minimum Gasteiger partial charge on any atom is -0.378 e. The SMILES string of the molecule is Cc1ccccc1CNC(=O)C1CCC(C(=O)N2CCOCC2)CC1. The Morgan fingerprint density at radius 1 is 1.08 bits per heavy atom. The first-order valence-corrected chi connectivity index (χ1v) is 9.34. The van der Waals surface area contributed by atoms with Gasteiger partial charge in [-0.15, -0.1) is 0 Å². The Labute approximate surface area is 149 Å². The van der Waals surface area contributed by atoms with E-state index in [1.54, 1.807) is 0 Å². The highest BCUT2D eigenvalue weighted by molar-refractivity contribution is 5.81. The van der Waals surface area contributed by atoms with E-state index in [0.29, 0.717) is 32.8 Å². The van der Waals surface area contributed by atoms with Gasteiger partial charge in [0.15, 0.2) is 0 Å². The molecule has 25 heavy (non-hydrogen) atoms.